The minimum atomic E-state index is -1.04. The van der Waals surface area contributed by atoms with E-state index in [-0.39, 0.29) is 50.6 Å². The minimum Gasteiger partial charge on any atom is -0.377 e. The maximum atomic E-state index is 13.0. The molecule has 0 aromatic rings. The highest BCUT2D eigenvalue weighted by Crippen LogP contribution is 2.07. The zero-order valence-electron chi connectivity index (χ0n) is 24.4. The van der Waals surface area contributed by atoms with Crippen LogP contribution in [0, 0.1) is 11.8 Å². The van der Waals surface area contributed by atoms with Crippen LogP contribution >= 0.6 is 12.6 Å². The van der Waals surface area contributed by atoms with Crippen molar-refractivity contribution in [3.63, 3.8) is 0 Å². The Labute approximate surface area is 250 Å². The van der Waals surface area contributed by atoms with Gasteiger partial charge in [0.25, 0.3) is 0 Å². The lowest BCUT2D eigenvalue weighted by Crippen LogP contribution is -2.58. The van der Waals surface area contributed by atoms with Crippen LogP contribution in [0.25, 0.3) is 0 Å². The number of nitrogens with one attached hydrogen (secondary N) is 7. The number of thiol groups is 1. The number of rotatable bonds is 3. The van der Waals surface area contributed by atoms with Crippen LogP contribution in [0.3, 0.4) is 0 Å². The first-order valence-electron chi connectivity index (χ1n) is 13.6. The molecule has 7 amide bonds. The highest BCUT2D eigenvalue weighted by molar-refractivity contribution is 7.80. The number of amides is 7. The van der Waals surface area contributed by atoms with Crippen LogP contribution in [0.1, 0.15) is 27.7 Å². The van der Waals surface area contributed by atoms with Crippen LogP contribution in [0.2, 0.25) is 0 Å². The minimum absolute atomic E-state index is 0.00359. The topological polar surface area (TPSA) is 222 Å². The van der Waals surface area contributed by atoms with Gasteiger partial charge in [-0.05, 0) is 11.8 Å². The van der Waals surface area contributed by atoms with E-state index in [0.29, 0.717) is 0 Å². The van der Waals surface area contributed by atoms with E-state index < -0.39 is 79.1 Å². The molecule has 1 rings (SSSR count). The van der Waals surface area contributed by atoms with Gasteiger partial charge in [0, 0.05) is 12.3 Å². The fraction of sp³-hybridized carbons (Fsp3) is 0.720. The lowest BCUT2D eigenvalue weighted by molar-refractivity contribution is -0.134. The second kappa shape index (κ2) is 19.6. The summed E-state index contributed by atoms with van der Waals surface area (Å²) in [6.07, 6.45) is 0. The molecule has 1 fully saturated rings. The maximum absolute atomic E-state index is 13.0. The van der Waals surface area contributed by atoms with Crippen LogP contribution in [-0.4, -0.2) is 118 Å². The SMILES string of the molecule is CC(C)[C@@H]1NC(=O)CNC(=O)CNC(=O)COCCOCCNC(=O)[C@H](CS)NC(=O)CNC(=O)[C@H](C(C)C)NC1=O. The molecule has 0 aromatic heterocycles. The van der Waals surface area contributed by atoms with Crippen LogP contribution in [0.5, 0.6) is 0 Å². The van der Waals surface area contributed by atoms with E-state index in [1.54, 1.807) is 27.7 Å². The molecule has 0 aliphatic carbocycles. The van der Waals surface area contributed by atoms with Crippen molar-refractivity contribution in [2.24, 2.45) is 11.8 Å². The van der Waals surface area contributed by atoms with Gasteiger partial charge < -0.3 is 46.7 Å². The molecule has 16 nitrogen and oxygen atoms in total. The summed E-state index contributed by atoms with van der Waals surface area (Å²) in [7, 11) is 0. The van der Waals surface area contributed by atoms with Crippen molar-refractivity contribution in [3.8, 4) is 0 Å². The molecule has 1 aliphatic rings. The summed E-state index contributed by atoms with van der Waals surface area (Å²) in [4.78, 5) is 87.0. The first-order chi connectivity index (χ1) is 19.8. The van der Waals surface area contributed by atoms with E-state index in [9.17, 15) is 33.6 Å². The third-order valence-corrected chi connectivity index (χ3v) is 6.18. The molecule has 3 atom stereocenters. The van der Waals surface area contributed by atoms with Gasteiger partial charge in [-0.1, -0.05) is 27.7 Å². The van der Waals surface area contributed by atoms with Gasteiger partial charge >= 0.3 is 0 Å². The monoisotopic (exact) mass is 617 g/mol. The standard InChI is InChI=1S/C25H43N7O9S/c1-14(2)21-24(38)29-11-18(34)30-16(13-42)23(37)26-5-6-40-7-8-41-12-20(36)28-9-17(33)27-10-19(35)31-22(15(3)4)25(39)32-21/h14-16,21-22,42H,5-13H2,1-4H3,(H,26,37)(H,27,33)(H,28,36)(H,29,38)(H,30,34)(H,31,35)(H,32,39)/t16-,21-,22-/m0/s1. The highest BCUT2D eigenvalue weighted by Gasteiger charge is 2.31. The Morgan fingerprint density at radius 3 is 1.81 bits per heavy atom. The summed E-state index contributed by atoms with van der Waals surface area (Å²) < 4.78 is 10.5. The summed E-state index contributed by atoms with van der Waals surface area (Å²) in [5.74, 6) is -5.03. The Morgan fingerprint density at radius 2 is 1.17 bits per heavy atom. The smallest absolute Gasteiger partial charge is 0.246 e. The van der Waals surface area contributed by atoms with E-state index >= 15 is 0 Å². The lowest BCUT2D eigenvalue weighted by Gasteiger charge is -2.27. The van der Waals surface area contributed by atoms with Gasteiger partial charge in [0.05, 0.1) is 39.5 Å². The normalized spacial score (nSPS) is 24.4. The Bertz CT molecular complexity index is 965. The van der Waals surface area contributed by atoms with Crippen LogP contribution in [0.15, 0.2) is 0 Å². The number of carbonyl (C=O) groups is 7. The third-order valence-electron chi connectivity index (χ3n) is 5.81. The Morgan fingerprint density at radius 1 is 0.619 bits per heavy atom. The summed E-state index contributed by atoms with van der Waals surface area (Å²) >= 11 is 4.10. The summed E-state index contributed by atoms with van der Waals surface area (Å²) in [6.45, 7) is 5.63. The summed E-state index contributed by atoms with van der Waals surface area (Å²) in [5.41, 5.74) is 0. The van der Waals surface area contributed by atoms with Crippen molar-refractivity contribution >= 4 is 54.0 Å². The Kier molecular flexibility index (Phi) is 17.1. The fourth-order valence-corrected chi connectivity index (χ4v) is 3.74. The molecule has 0 spiro atoms. The lowest BCUT2D eigenvalue weighted by atomic mass is 9.99. The van der Waals surface area contributed by atoms with Gasteiger partial charge in [0.1, 0.15) is 24.7 Å². The Hall–Kier alpha value is -3.44. The van der Waals surface area contributed by atoms with Crippen molar-refractivity contribution in [1.29, 1.82) is 0 Å². The van der Waals surface area contributed by atoms with Crippen LogP contribution in [0.4, 0.5) is 0 Å². The number of carbonyl (C=O) groups excluding carboxylic acids is 7. The molecule has 0 radical (unpaired) electrons. The molecule has 0 saturated carbocycles. The fourth-order valence-electron chi connectivity index (χ4n) is 3.48. The first kappa shape index (κ1) is 36.6. The van der Waals surface area contributed by atoms with Gasteiger partial charge in [0.15, 0.2) is 0 Å². The highest BCUT2D eigenvalue weighted by atomic mass is 32.1. The average Bonchev–Trinajstić information content (AvgIpc) is 2.94. The molecule has 1 saturated heterocycles. The molecule has 42 heavy (non-hydrogen) atoms. The number of hydrogen-bond acceptors (Lipinski definition) is 10. The molecule has 238 valence electrons. The van der Waals surface area contributed by atoms with Crippen molar-refractivity contribution < 1.29 is 43.0 Å². The zero-order chi connectivity index (χ0) is 31.7. The molecule has 0 aromatic carbocycles. The van der Waals surface area contributed by atoms with E-state index in [1.165, 1.54) is 0 Å². The zero-order valence-corrected chi connectivity index (χ0v) is 25.3. The van der Waals surface area contributed by atoms with Gasteiger partial charge in [-0.15, -0.1) is 0 Å². The second-order valence-electron chi connectivity index (χ2n) is 10.0. The van der Waals surface area contributed by atoms with Crippen molar-refractivity contribution in [2.75, 3.05) is 58.4 Å². The van der Waals surface area contributed by atoms with E-state index in [2.05, 4.69) is 49.8 Å². The molecule has 0 bridgehead atoms. The predicted octanol–water partition coefficient (Wildman–Crippen LogP) is -3.81. The van der Waals surface area contributed by atoms with E-state index in [1.807, 2.05) is 0 Å². The predicted molar refractivity (Wildman–Crippen MR) is 153 cm³/mol. The van der Waals surface area contributed by atoms with Crippen molar-refractivity contribution in [1.82, 2.24) is 37.2 Å². The first-order valence-corrected chi connectivity index (χ1v) is 14.2. The molecular weight excluding hydrogens is 574 g/mol. The third kappa shape index (κ3) is 14.5. The molecule has 1 heterocycles. The van der Waals surface area contributed by atoms with Crippen LogP contribution < -0.4 is 37.2 Å². The quantitative estimate of drug-likeness (QED) is 0.145. The van der Waals surface area contributed by atoms with Gasteiger partial charge in [-0.25, -0.2) is 0 Å². The Balaban J connectivity index is 2.95. The number of hydrogen-bond donors (Lipinski definition) is 8. The van der Waals surface area contributed by atoms with Crippen molar-refractivity contribution in [3.05, 3.63) is 0 Å². The molecule has 17 heteroatoms. The van der Waals surface area contributed by atoms with Crippen LogP contribution in [-0.2, 0) is 43.0 Å². The number of ether oxygens (including phenoxy) is 2. The molecular formula is C25H43N7O9S. The summed E-state index contributed by atoms with van der Waals surface area (Å²) in [6, 6.07) is -3.05. The van der Waals surface area contributed by atoms with Gasteiger partial charge in [-0.3, -0.25) is 33.6 Å². The van der Waals surface area contributed by atoms with E-state index in [0.717, 1.165) is 0 Å². The van der Waals surface area contributed by atoms with Crippen molar-refractivity contribution in [2.45, 2.75) is 45.8 Å². The van der Waals surface area contributed by atoms with Gasteiger partial charge in [-0.2, -0.15) is 12.6 Å². The average molecular weight is 618 g/mol. The largest absolute Gasteiger partial charge is 0.377 e. The molecule has 1 aliphatic heterocycles. The second-order valence-corrected chi connectivity index (χ2v) is 10.4. The summed E-state index contributed by atoms with van der Waals surface area (Å²) in [5, 5.41) is 17.4. The van der Waals surface area contributed by atoms with Gasteiger partial charge in [0.2, 0.25) is 41.4 Å². The molecule has 0 unspecified atom stereocenters. The maximum Gasteiger partial charge on any atom is 0.246 e. The molecule has 7 N–H and O–H groups in total. The van der Waals surface area contributed by atoms with E-state index in [4.69, 9.17) is 9.47 Å².